The fourth-order valence-electron chi connectivity index (χ4n) is 0.840. The number of nitrogens with one attached hydrogen (secondary N) is 1. The largest absolute Gasteiger partial charge is 0.368 e. The third kappa shape index (κ3) is 2.34. The highest BCUT2D eigenvalue weighted by atomic mass is 35.5. The molecule has 1 rings (SSSR count). The fraction of sp³-hybridized carbons (Fsp3) is 0.500. The summed E-state index contributed by atoms with van der Waals surface area (Å²) in [7, 11) is 0. The Morgan fingerprint density at radius 3 is 2.75 bits per heavy atom. The standard InChI is InChI=1S/C8H12ClN3/c1-5(2)11-7-6(3)4-10-8(9)12-7/h4-5H,1-3H3,(H,10,11,12). The van der Waals surface area contributed by atoms with Gasteiger partial charge in [0.1, 0.15) is 5.82 Å². The molecule has 1 heterocycles. The van der Waals surface area contributed by atoms with E-state index in [4.69, 9.17) is 11.6 Å². The summed E-state index contributed by atoms with van der Waals surface area (Å²) in [5.41, 5.74) is 1.01. The zero-order valence-electron chi connectivity index (χ0n) is 7.43. The van der Waals surface area contributed by atoms with Crippen LogP contribution in [0.15, 0.2) is 6.20 Å². The zero-order chi connectivity index (χ0) is 9.14. The number of nitrogens with zero attached hydrogens (tertiary/aromatic N) is 2. The first-order valence-corrected chi connectivity index (χ1v) is 4.23. The van der Waals surface area contributed by atoms with Crippen molar-refractivity contribution in [3.8, 4) is 0 Å². The van der Waals surface area contributed by atoms with E-state index in [1.54, 1.807) is 6.20 Å². The summed E-state index contributed by atoms with van der Waals surface area (Å²) in [6.45, 7) is 6.05. The Morgan fingerprint density at radius 2 is 2.17 bits per heavy atom. The normalized spacial score (nSPS) is 10.4. The van der Waals surface area contributed by atoms with Gasteiger partial charge in [0, 0.05) is 17.8 Å². The van der Waals surface area contributed by atoms with E-state index in [1.165, 1.54) is 0 Å². The molecule has 0 aliphatic carbocycles. The van der Waals surface area contributed by atoms with Crippen molar-refractivity contribution in [2.45, 2.75) is 26.8 Å². The molecule has 4 heteroatoms. The first kappa shape index (κ1) is 9.26. The number of aryl methyl sites for hydroxylation is 1. The predicted molar refractivity (Wildman–Crippen MR) is 50.5 cm³/mol. The van der Waals surface area contributed by atoms with Crippen LogP contribution in [0.5, 0.6) is 0 Å². The van der Waals surface area contributed by atoms with Crippen LogP contribution in [0.2, 0.25) is 5.28 Å². The molecule has 0 radical (unpaired) electrons. The van der Waals surface area contributed by atoms with E-state index in [0.717, 1.165) is 11.4 Å². The molecular formula is C8H12ClN3. The first-order chi connectivity index (χ1) is 5.59. The molecule has 0 fully saturated rings. The van der Waals surface area contributed by atoms with Crippen LogP contribution in [0.1, 0.15) is 19.4 Å². The zero-order valence-corrected chi connectivity index (χ0v) is 8.18. The summed E-state index contributed by atoms with van der Waals surface area (Å²) >= 11 is 5.64. The second-order valence-electron chi connectivity index (χ2n) is 2.97. The van der Waals surface area contributed by atoms with Crippen molar-refractivity contribution in [1.29, 1.82) is 0 Å². The second-order valence-corrected chi connectivity index (χ2v) is 3.31. The molecule has 66 valence electrons. The molecule has 0 saturated carbocycles. The van der Waals surface area contributed by atoms with Crippen LogP contribution in [-0.4, -0.2) is 16.0 Å². The lowest BCUT2D eigenvalue weighted by molar-refractivity contribution is 0.882. The van der Waals surface area contributed by atoms with Gasteiger partial charge in [-0.3, -0.25) is 0 Å². The number of aromatic nitrogens is 2. The molecule has 12 heavy (non-hydrogen) atoms. The van der Waals surface area contributed by atoms with E-state index in [1.807, 2.05) is 6.92 Å². The summed E-state index contributed by atoms with van der Waals surface area (Å²) in [6.07, 6.45) is 1.71. The van der Waals surface area contributed by atoms with Crippen molar-refractivity contribution in [3.63, 3.8) is 0 Å². The lowest BCUT2D eigenvalue weighted by Crippen LogP contribution is -2.12. The molecule has 0 bridgehead atoms. The van der Waals surface area contributed by atoms with Crippen LogP contribution >= 0.6 is 11.6 Å². The summed E-state index contributed by atoms with van der Waals surface area (Å²) in [4.78, 5) is 7.92. The predicted octanol–water partition coefficient (Wildman–Crippen LogP) is 2.26. The van der Waals surface area contributed by atoms with Gasteiger partial charge in [-0.25, -0.2) is 9.97 Å². The van der Waals surface area contributed by atoms with E-state index in [0.29, 0.717) is 6.04 Å². The number of hydrogen-bond acceptors (Lipinski definition) is 3. The van der Waals surface area contributed by atoms with Gasteiger partial charge in [0.15, 0.2) is 0 Å². The van der Waals surface area contributed by atoms with Crippen molar-refractivity contribution < 1.29 is 0 Å². The topological polar surface area (TPSA) is 37.8 Å². The minimum atomic E-state index is 0.281. The summed E-state index contributed by atoms with van der Waals surface area (Å²) in [5, 5.41) is 3.46. The molecule has 0 atom stereocenters. The lowest BCUT2D eigenvalue weighted by Gasteiger charge is -2.10. The average molecular weight is 186 g/mol. The SMILES string of the molecule is Cc1cnc(Cl)nc1NC(C)C. The maximum Gasteiger partial charge on any atom is 0.224 e. The van der Waals surface area contributed by atoms with Gasteiger partial charge >= 0.3 is 0 Å². The van der Waals surface area contributed by atoms with Gasteiger partial charge in [-0.05, 0) is 32.4 Å². The monoisotopic (exact) mass is 185 g/mol. The highest BCUT2D eigenvalue weighted by Gasteiger charge is 2.02. The Hall–Kier alpha value is -0.830. The molecule has 1 N–H and O–H groups in total. The summed E-state index contributed by atoms with van der Waals surface area (Å²) in [6, 6.07) is 0.356. The van der Waals surface area contributed by atoms with E-state index < -0.39 is 0 Å². The van der Waals surface area contributed by atoms with Crippen LogP contribution in [0.25, 0.3) is 0 Å². The molecule has 0 unspecified atom stereocenters. The van der Waals surface area contributed by atoms with E-state index >= 15 is 0 Å². The van der Waals surface area contributed by atoms with Crippen LogP contribution < -0.4 is 5.32 Å². The minimum Gasteiger partial charge on any atom is -0.368 e. The Labute approximate surface area is 77.2 Å². The van der Waals surface area contributed by atoms with Crippen LogP contribution in [-0.2, 0) is 0 Å². The fourth-order valence-corrected chi connectivity index (χ4v) is 0.973. The Bertz CT molecular complexity index is 273. The molecule has 0 aromatic carbocycles. The first-order valence-electron chi connectivity index (χ1n) is 3.85. The second kappa shape index (κ2) is 3.72. The van der Waals surface area contributed by atoms with Gasteiger partial charge in [0.05, 0.1) is 0 Å². The van der Waals surface area contributed by atoms with Gasteiger partial charge < -0.3 is 5.32 Å². The van der Waals surface area contributed by atoms with Crippen molar-refractivity contribution in [2.24, 2.45) is 0 Å². The highest BCUT2D eigenvalue weighted by Crippen LogP contribution is 2.13. The van der Waals surface area contributed by atoms with Crippen molar-refractivity contribution in [2.75, 3.05) is 5.32 Å². The number of hydrogen-bond donors (Lipinski definition) is 1. The van der Waals surface area contributed by atoms with Crippen LogP contribution in [0.3, 0.4) is 0 Å². The minimum absolute atomic E-state index is 0.281. The Morgan fingerprint density at radius 1 is 1.50 bits per heavy atom. The van der Waals surface area contributed by atoms with Crippen molar-refractivity contribution in [3.05, 3.63) is 17.0 Å². The molecule has 0 saturated heterocycles. The van der Waals surface area contributed by atoms with Gasteiger partial charge in [0.25, 0.3) is 0 Å². The third-order valence-corrected chi connectivity index (χ3v) is 1.55. The van der Waals surface area contributed by atoms with Gasteiger partial charge in [-0.1, -0.05) is 0 Å². The quantitative estimate of drug-likeness (QED) is 0.719. The average Bonchev–Trinajstić information content (AvgIpc) is 1.96. The molecule has 3 nitrogen and oxygen atoms in total. The number of halogens is 1. The van der Waals surface area contributed by atoms with Crippen molar-refractivity contribution >= 4 is 17.4 Å². The van der Waals surface area contributed by atoms with Gasteiger partial charge in [0.2, 0.25) is 5.28 Å². The lowest BCUT2D eigenvalue weighted by atomic mass is 10.3. The van der Waals surface area contributed by atoms with Gasteiger partial charge in [-0.2, -0.15) is 0 Å². The molecule has 1 aromatic rings. The number of anilines is 1. The van der Waals surface area contributed by atoms with E-state index in [-0.39, 0.29) is 5.28 Å². The number of rotatable bonds is 2. The molecule has 0 spiro atoms. The summed E-state index contributed by atoms with van der Waals surface area (Å²) < 4.78 is 0. The van der Waals surface area contributed by atoms with Crippen molar-refractivity contribution in [1.82, 2.24) is 9.97 Å². The smallest absolute Gasteiger partial charge is 0.224 e. The molecule has 0 amide bonds. The molecule has 1 aromatic heterocycles. The molecule has 0 aliphatic heterocycles. The molecular weight excluding hydrogens is 174 g/mol. The van der Waals surface area contributed by atoms with E-state index in [9.17, 15) is 0 Å². The maximum absolute atomic E-state index is 5.64. The van der Waals surface area contributed by atoms with Crippen LogP contribution in [0.4, 0.5) is 5.82 Å². The van der Waals surface area contributed by atoms with E-state index in [2.05, 4.69) is 29.1 Å². The Balaban J connectivity index is 2.90. The van der Waals surface area contributed by atoms with Crippen LogP contribution in [0, 0.1) is 6.92 Å². The summed E-state index contributed by atoms with van der Waals surface area (Å²) in [5.74, 6) is 0.810. The maximum atomic E-state index is 5.64. The molecule has 0 aliphatic rings. The third-order valence-electron chi connectivity index (χ3n) is 1.37. The Kier molecular flexibility index (Phi) is 2.87. The van der Waals surface area contributed by atoms with Gasteiger partial charge in [-0.15, -0.1) is 0 Å². The highest BCUT2D eigenvalue weighted by molar-refractivity contribution is 6.28.